The molecule has 0 aliphatic rings. The summed E-state index contributed by atoms with van der Waals surface area (Å²) in [5.41, 5.74) is -1.55. The van der Waals surface area contributed by atoms with Gasteiger partial charge < -0.3 is 14.6 Å². The van der Waals surface area contributed by atoms with Crippen LogP contribution in [0.15, 0.2) is 55.0 Å². The highest BCUT2D eigenvalue weighted by atomic mass is 19.4. The summed E-state index contributed by atoms with van der Waals surface area (Å²) in [6.07, 6.45) is -5.65. The quantitative estimate of drug-likeness (QED) is 0.500. The second-order valence-corrected chi connectivity index (χ2v) is 6.42. The molecule has 156 valence electrons. The summed E-state index contributed by atoms with van der Waals surface area (Å²) < 4.78 is 80.7. The second-order valence-electron chi connectivity index (χ2n) is 6.42. The third-order valence-corrected chi connectivity index (χ3v) is 4.52. The van der Waals surface area contributed by atoms with E-state index in [1.807, 2.05) is 0 Å². The molecule has 2 aromatic heterocycles. The molecule has 0 saturated carbocycles. The standard InChI is InChI=1S/C18H15F6N3O2/c1-26(18(28,29)13-6-7-14-25-8-9-27(14)10-13)15(17(22,23)24)11-2-4-12(5-3-11)16(19,20)21/h2-10,15,28-29H,1H3/t15-/m1/s1. The molecule has 0 spiro atoms. The molecule has 11 heteroatoms. The predicted molar refractivity (Wildman–Crippen MR) is 89.3 cm³/mol. The molecule has 0 saturated heterocycles. The fraction of sp³-hybridized carbons (Fsp3) is 0.278. The average molecular weight is 419 g/mol. The molecular formula is C18H15F6N3O2. The van der Waals surface area contributed by atoms with Crippen LogP contribution >= 0.6 is 0 Å². The van der Waals surface area contributed by atoms with E-state index in [0.29, 0.717) is 29.9 Å². The molecule has 0 radical (unpaired) electrons. The molecule has 1 atom stereocenters. The van der Waals surface area contributed by atoms with E-state index in [1.54, 1.807) is 0 Å². The minimum Gasteiger partial charge on any atom is -0.349 e. The maximum absolute atomic E-state index is 13.7. The van der Waals surface area contributed by atoms with Crippen molar-refractivity contribution in [3.63, 3.8) is 0 Å². The summed E-state index contributed by atoms with van der Waals surface area (Å²) in [7, 11) is 0.813. The number of alkyl halides is 6. The van der Waals surface area contributed by atoms with E-state index in [-0.39, 0.29) is 10.5 Å². The molecule has 2 N–H and O–H groups in total. The zero-order valence-corrected chi connectivity index (χ0v) is 14.8. The highest BCUT2D eigenvalue weighted by molar-refractivity contribution is 5.40. The highest BCUT2D eigenvalue weighted by Crippen LogP contribution is 2.42. The molecule has 0 aliphatic carbocycles. The summed E-state index contributed by atoms with van der Waals surface area (Å²) >= 11 is 0. The Morgan fingerprint density at radius 1 is 0.931 bits per heavy atom. The van der Waals surface area contributed by atoms with Gasteiger partial charge in [0.25, 0.3) is 5.91 Å². The lowest BCUT2D eigenvalue weighted by Gasteiger charge is -2.39. The van der Waals surface area contributed by atoms with Crippen LogP contribution in [0.3, 0.4) is 0 Å². The lowest BCUT2D eigenvalue weighted by Crippen LogP contribution is -2.50. The van der Waals surface area contributed by atoms with Gasteiger partial charge in [0.2, 0.25) is 0 Å². The minimum absolute atomic E-state index is 0.230. The average Bonchev–Trinajstić information content (AvgIpc) is 3.08. The molecule has 0 aliphatic heterocycles. The second kappa shape index (κ2) is 7.01. The molecule has 3 aromatic rings. The summed E-state index contributed by atoms with van der Waals surface area (Å²) in [5.74, 6) is -3.08. The van der Waals surface area contributed by atoms with Gasteiger partial charge in [0.1, 0.15) is 11.7 Å². The number of nitrogens with zero attached hydrogens (tertiary/aromatic N) is 3. The Morgan fingerprint density at radius 3 is 2.07 bits per heavy atom. The van der Waals surface area contributed by atoms with Crippen molar-refractivity contribution in [3.05, 3.63) is 71.7 Å². The van der Waals surface area contributed by atoms with Crippen molar-refractivity contribution in [1.82, 2.24) is 14.3 Å². The van der Waals surface area contributed by atoms with E-state index in [4.69, 9.17) is 0 Å². The highest BCUT2D eigenvalue weighted by Gasteiger charge is 2.50. The van der Waals surface area contributed by atoms with Gasteiger partial charge in [-0.05, 0) is 36.9 Å². The van der Waals surface area contributed by atoms with Gasteiger partial charge in [-0.25, -0.2) is 9.88 Å². The summed E-state index contributed by atoms with van der Waals surface area (Å²) in [6, 6.07) is 2.33. The minimum atomic E-state index is -5.01. The molecule has 0 fully saturated rings. The van der Waals surface area contributed by atoms with Crippen molar-refractivity contribution in [1.29, 1.82) is 0 Å². The van der Waals surface area contributed by atoms with Gasteiger partial charge in [0.05, 0.1) is 5.56 Å². The van der Waals surface area contributed by atoms with Crippen molar-refractivity contribution in [2.75, 3.05) is 7.05 Å². The van der Waals surface area contributed by atoms with Gasteiger partial charge in [-0.1, -0.05) is 12.1 Å². The van der Waals surface area contributed by atoms with E-state index < -0.39 is 35.4 Å². The Balaban J connectivity index is 2.01. The van der Waals surface area contributed by atoms with Crippen LogP contribution in [0, 0.1) is 0 Å². The van der Waals surface area contributed by atoms with Gasteiger partial charge in [-0.2, -0.15) is 26.3 Å². The van der Waals surface area contributed by atoms with E-state index in [2.05, 4.69) is 4.98 Å². The monoisotopic (exact) mass is 419 g/mol. The van der Waals surface area contributed by atoms with E-state index in [0.717, 1.165) is 7.05 Å². The molecule has 29 heavy (non-hydrogen) atoms. The lowest BCUT2D eigenvalue weighted by atomic mass is 10.0. The number of hydrogen-bond acceptors (Lipinski definition) is 4. The van der Waals surface area contributed by atoms with Gasteiger partial charge in [-0.15, -0.1) is 0 Å². The first kappa shape index (κ1) is 21.1. The van der Waals surface area contributed by atoms with Crippen molar-refractivity contribution in [2.45, 2.75) is 24.3 Å². The number of benzene rings is 1. The zero-order valence-electron chi connectivity index (χ0n) is 14.8. The Hall–Kier alpha value is -2.63. The van der Waals surface area contributed by atoms with Crippen LogP contribution in [-0.4, -0.2) is 37.7 Å². The molecule has 3 rings (SSSR count). The molecule has 2 heterocycles. The zero-order chi connectivity index (χ0) is 21.6. The number of imidazole rings is 1. The largest absolute Gasteiger partial charge is 0.416 e. The predicted octanol–water partition coefficient (Wildman–Crippen LogP) is 3.68. The first-order chi connectivity index (χ1) is 13.3. The fourth-order valence-electron chi connectivity index (χ4n) is 2.99. The van der Waals surface area contributed by atoms with E-state index in [9.17, 15) is 36.6 Å². The Bertz CT molecular complexity index is 995. The molecule has 0 bridgehead atoms. The van der Waals surface area contributed by atoms with Crippen molar-refractivity contribution < 1.29 is 36.6 Å². The molecular weight excluding hydrogens is 404 g/mol. The molecule has 0 amide bonds. The van der Waals surface area contributed by atoms with Crippen LogP contribution in [0.1, 0.15) is 22.7 Å². The van der Waals surface area contributed by atoms with Crippen LogP contribution in [0.4, 0.5) is 26.3 Å². The summed E-state index contributed by atoms with van der Waals surface area (Å²) in [5, 5.41) is 21.0. The van der Waals surface area contributed by atoms with Crippen molar-refractivity contribution in [2.24, 2.45) is 0 Å². The Morgan fingerprint density at radius 2 is 1.52 bits per heavy atom. The van der Waals surface area contributed by atoms with Gasteiger partial charge >= 0.3 is 12.4 Å². The number of rotatable bonds is 4. The SMILES string of the molecule is CN([C@H](c1ccc(C(F)(F)F)cc1)C(F)(F)F)C(O)(O)c1ccc2nccn2c1. The van der Waals surface area contributed by atoms with Crippen LogP contribution in [0.25, 0.3) is 5.65 Å². The third kappa shape index (κ3) is 4.07. The summed E-state index contributed by atoms with van der Waals surface area (Å²) in [6.45, 7) is 0. The number of pyridine rings is 1. The maximum Gasteiger partial charge on any atom is 0.416 e. The lowest BCUT2D eigenvalue weighted by molar-refractivity contribution is -0.315. The molecule has 1 aromatic carbocycles. The van der Waals surface area contributed by atoms with Crippen molar-refractivity contribution in [3.8, 4) is 0 Å². The summed E-state index contributed by atoms with van der Waals surface area (Å²) in [4.78, 5) is 4.18. The third-order valence-electron chi connectivity index (χ3n) is 4.52. The smallest absolute Gasteiger partial charge is 0.349 e. The van der Waals surface area contributed by atoms with Crippen LogP contribution in [0.5, 0.6) is 0 Å². The molecule has 0 unspecified atom stereocenters. The molecule has 5 nitrogen and oxygen atoms in total. The Labute approximate surface area is 160 Å². The first-order valence-corrected chi connectivity index (χ1v) is 8.16. The number of halogens is 6. The number of aromatic nitrogens is 2. The normalized spacial score (nSPS) is 14.6. The first-order valence-electron chi connectivity index (χ1n) is 8.16. The Kier molecular flexibility index (Phi) is 5.10. The van der Waals surface area contributed by atoms with Crippen LogP contribution in [-0.2, 0) is 12.1 Å². The van der Waals surface area contributed by atoms with E-state index >= 15 is 0 Å². The number of aliphatic hydroxyl groups is 2. The van der Waals surface area contributed by atoms with Gasteiger partial charge in [0.15, 0.2) is 0 Å². The van der Waals surface area contributed by atoms with Gasteiger partial charge in [-0.3, -0.25) is 0 Å². The van der Waals surface area contributed by atoms with E-state index in [1.165, 1.54) is 35.1 Å². The maximum atomic E-state index is 13.7. The fourth-order valence-corrected chi connectivity index (χ4v) is 2.99. The topological polar surface area (TPSA) is 61.0 Å². The van der Waals surface area contributed by atoms with Crippen LogP contribution < -0.4 is 0 Å². The van der Waals surface area contributed by atoms with Crippen molar-refractivity contribution >= 4 is 5.65 Å². The van der Waals surface area contributed by atoms with Crippen LogP contribution in [0.2, 0.25) is 0 Å². The van der Waals surface area contributed by atoms with Gasteiger partial charge in [0, 0.05) is 24.2 Å². The number of fused-ring (bicyclic) bond motifs is 1. The number of hydrogen-bond donors (Lipinski definition) is 2.